The molecule has 0 radical (unpaired) electrons. The zero-order chi connectivity index (χ0) is 26.3. The highest BCUT2D eigenvalue weighted by Crippen LogP contribution is 2.44. The lowest BCUT2D eigenvalue weighted by molar-refractivity contribution is -0.128. The molecular weight excluding hydrogens is 494 g/mol. The highest BCUT2D eigenvalue weighted by molar-refractivity contribution is 5.94. The van der Waals surface area contributed by atoms with E-state index in [1.165, 1.54) is 25.0 Å². The first-order chi connectivity index (χ1) is 18.4. The Morgan fingerprint density at radius 1 is 1.13 bits per heavy atom. The van der Waals surface area contributed by atoms with Crippen LogP contribution in [0.15, 0.2) is 47.4 Å². The van der Waals surface area contributed by atoms with E-state index in [9.17, 15) is 18.4 Å². The van der Waals surface area contributed by atoms with Gasteiger partial charge in [-0.05, 0) is 50.2 Å². The van der Waals surface area contributed by atoms with Crippen LogP contribution >= 0.6 is 0 Å². The lowest BCUT2D eigenvalue weighted by Gasteiger charge is -2.38. The van der Waals surface area contributed by atoms with Crippen LogP contribution in [0.3, 0.4) is 0 Å². The molecule has 2 amide bonds. The molecular formula is C27H28F2N6O3. The zero-order valence-corrected chi connectivity index (χ0v) is 20.7. The van der Waals surface area contributed by atoms with Gasteiger partial charge in [0.15, 0.2) is 11.5 Å². The summed E-state index contributed by atoms with van der Waals surface area (Å²) in [6.45, 7) is 2.26. The summed E-state index contributed by atoms with van der Waals surface area (Å²) >= 11 is 0. The van der Waals surface area contributed by atoms with Gasteiger partial charge in [0, 0.05) is 50.2 Å². The molecule has 1 aliphatic heterocycles. The fraction of sp³-hybridized carbons (Fsp3) is 0.444. The smallest absolute Gasteiger partial charge is 0.273 e. The average Bonchev–Trinajstić information content (AvgIpc) is 3.84. The van der Waals surface area contributed by atoms with E-state index in [0.29, 0.717) is 18.9 Å². The van der Waals surface area contributed by atoms with Crippen LogP contribution in [0, 0.1) is 23.5 Å². The summed E-state index contributed by atoms with van der Waals surface area (Å²) in [5.41, 5.74) is 0.186. The molecule has 0 bridgehead atoms. The average molecular weight is 523 g/mol. The van der Waals surface area contributed by atoms with Crippen molar-refractivity contribution in [3.63, 3.8) is 0 Å². The first kappa shape index (κ1) is 24.6. The summed E-state index contributed by atoms with van der Waals surface area (Å²) in [6, 6.07) is 3.97. The van der Waals surface area contributed by atoms with E-state index in [2.05, 4.69) is 30.7 Å². The molecule has 2 atom stereocenters. The van der Waals surface area contributed by atoms with E-state index in [1.54, 1.807) is 18.6 Å². The highest BCUT2D eigenvalue weighted by atomic mass is 19.1. The molecule has 3 aromatic rings. The van der Waals surface area contributed by atoms with Crippen molar-refractivity contribution >= 4 is 11.8 Å². The number of piperidine rings is 1. The summed E-state index contributed by atoms with van der Waals surface area (Å²) < 4.78 is 32.6. The molecule has 38 heavy (non-hydrogen) atoms. The first-order valence-electron chi connectivity index (χ1n) is 12.9. The van der Waals surface area contributed by atoms with Crippen LogP contribution in [-0.4, -0.2) is 57.5 Å². The molecule has 2 aromatic heterocycles. The van der Waals surface area contributed by atoms with Gasteiger partial charge in [-0.25, -0.2) is 8.78 Å². The second-order valence-electron chi connectivity index (χ2n) is 10.5. The van der Waals surface area contributed by atoms with Crippen molar-refractivity contribution in [2.45, 2.75) is 43.7 Å². The fourth-order valence-electron chi connectivity index (χ4n) is 5.18. The van der Waals surface area contributed by atoms with Gasteiger partial charge in [0.1, 0.15) is 11.6 Å². The zero-order valence-electron chi connectivity index (χ0n) is 20.7. The minimum atomic E-state index is -0.815. The van der Waals surface area contributed by atoms with Crippen molar-refractivity contribution in [2.75, 3.05) is 19.6 Å². The van der Waals surface area contributed by atoms with Gasteiger partial charge in [-0.1, -0.05) is 5.16 Å². The van der Waals surface area contributed by atoms with Crippen molar-refractivity contribution in [3.8, 4) is 11.3 Å². The third kappa shape index (κ3) is 5.15. The Balaban J connectivity index is 1.17. The molecule has 1 aromatic carbocycles. The molecule has 198 valence electrons. The molecule has 3 fully saturated rings. The van der Waals surface area contributed by atoms with E-state index in [4.69, 9.17) is 4.52 Å². The van der Waals surface area contributed by atoms with Gasteiger partial charge in [-0.2, -0.15) is 0 Å². The predicted octanol–water partition coefficient (Wildman–Crippen LogP) is 3.05. The number of halogens is 2. The van der Waals surface area contributed by atoms with Gasteiger partial charge in [0.2, 0.25) is 5.91 Å². The maximum Gasteiger partial charge on any atom is 0.273 e. The lowest BCUT2D eigenvalue weighted by Crippen LogP contribution is -2.57. The van der Waals surface area contributed by atoms with Crippen LogP contribution < -0.4 is 10.6 Å². The molecule has 1 saturated heterocycles. The van der Waals surface area contributed by atoms with Crippen LogP contribution in [-0.2, 0) is 10.3 Å². The van der Waals surface area contributed by atoms with Crippen molar-refractivity contribution < 1.29 is 22.9 Å². The second kappa shape index (κ2) is 9.86. The number of hydrogen-bond donors (Lipinski definition) is 2. The van der Waals surface area contributed by atoms with Crippen molar-refractivity contribution in [1.29, 1.82) is 0 Å². The summed E-state index contributed by atoms with van der Waals surface area (Å²) in [4.78, 5) is 37.6. The van der Waals surface area contributed by atoms with Crippen LogP contribution in [0.5, 0.6) is 0 Å². The Kier molecular flexibility index (Phi) is 6.38. The van der Waals surface area contributed by atoms with Gasteiger partial charge in [0.05, 0.1) is 28.9 Å². The molecule has 11 heteroatoms. The molecule has 2 aliphatic carbocycles. The fourth-order valence-corrected chi connectivity index (χ4v) is 5.18. The molecule has 9 nitrogen and oxygen atoms in total. The normalized spacial score (nSPS) is 22.6. The number of rotatable bonds is 8. The van der Waals surface area contributed by atoms with Crippen molar-refractivity contribution in [2.24, 2.45) is 11.8 Å². The molecule has 2 N–H and O–H groups in total. The van der Waals surface area contributed by atoms with Crippen LogP contribution in [0.2, 0.25) is 0 Å². The largest absolute Gasteiger partial charge is 0.355 e. The van der Waals surface area contributed by atoms with Crippen LogP contribution in [0.1, 0.15) is 48.3 Å². The Bertz CT molecular complexity index is 1340. The number of carbonyl (C=O) groups is 2. The third-order valence-corrected chi connectivity index (χ3v) is 7.67. The van der Waals surface area contributed by atoms with Gasteiger partial charge >= 0.3 is 0 Å². The monoisotopic (exact) mass is 522 g/mol. The first-order valence-corrected chi connectivity index (χ1v) is 12.9. The summed E-state index contributed by atoms with van der Waals surface area (Å²) in [5, 5.41) is 9.95. The lowest BCUT2D eigenvalue weighted by atomic mass is 9.90. The third-order valence-electron chi connectivity index (χ3n) is 7.67. The van der Waals surface area contributed by atoms with E-state index in [1.807, 2.05) is 0 Å². The van der Waals surface area contributed by atoms with E-state index in [-0.39, 0.29) is 22.9 Å². The predicted molar refractivity (Wildman–Crippen MR) is 131 cm³/mol. The van der Waals surface area contributed by atoms with E-state index >= 15 is 0 Å². The summed E-state index contributed by atoms with van der Waals surface area (Å²) in [7, 11) is 0. The van der Waals surface area contributed by atoms with Crippen molar-refractivity contribution in [3.05, 3.63) is 65.9 Å². The van der Waals surface area contributed by atoms with Crippen LogP contribution in [0.4, 0.5) is 8.78 Å². The number of aromatic nitrogens is 3. The van der Waals surface area contributed by atoms with Gasteiger partial charge in [-0.15, -0.1) is 0 Å². The van der Waals surface area contributed by atoms with Gasteiger partial charge in [-0.3, -0.25) is 19.6 Å². The van der Waals surface area contributed by atoms with E-state index in [0.717, 1.165) is 43.8 Å². The number of hydrogen-bond acceptors (Lipinski definition) is 7. The Hall–Kier alpha value is -3.73. The topological polar surface area (TPSA) is 113 Å². The maximum absolute atomic E-state index is 14.2. The van der Waals surface area contributed by atoms with Crippen LogP contribution in [0.25, 0.3) is 11.3 Å². The standard InChI is InChI=1S/C27H28F2N6O3/c28-17-3-4-18(20(29)11-17)23-12-22(34-38-23)26(37)32-21-5-10-35(14-16-1-2-16)15-19(21)25(36)33-27(6-7-27)24-13-30-8-9-31-24/h3-4,8-9,11-13,16,19,21H,1-2,5-7,10,14-15H2,(H,32,37)(H,33,36)/t19-,21-/m0/s1. The summed E-state index contributed by atoms with van der Waals surface area (Å²) in [5.74, 6) is -1.95. The van der Waals surface area contributed by atoms with Gasteiger partial charge < -0.3 is 20.1 Å². The minimum absolute atomic E-state index is 0.00216. The molecule has 3 aliphatic rings. The number of carbonyl (C=O) groups excluding carboxylic acids is 2. The molecule has 3 heterocycles. The molecule has 0 unspecified atom stereocenters. The Labute approximate surface area is 218 Å². The summed E-state index contributed by atoms with van der Waals surface area (Å²) in [6.07, 6.45) is 9.50. The number of nitrogens with one attached hydrogen (secondary N) is 2. The molecule has 0 spiro atoms. The number of likely N-dealkylation sites (tertiary alicyclic amines) is 1. The highest BCUT2D eigenvalue weighted by Gasteiger charge is 2.49. The molecule has 2 saturated carbocycles. The number of amides is 2. The maximum atomic E-state index is 14.2. The Morgan fingerprint density at radius 2 is 1.97 bits per heavy atom. The quantitative estimate of drug-likeness (QED) is 0.468. The SMILES string of the molecule is O=C(N[C@H]1CCN(CC2CC2)C[C@@H]1C(=O)NC1(c2cnccn2)CC1)c1cc(-c2ccc(F)cc2F)on1. The minimum Gasteiger partial charge on any atom is -0.355 e. The number of benzene rings is 1. The van der Waals surface area contributed by atoms with E-state index < -0.39 is 35.0 Å². The molecule has 6 rings (SSSR count). The van der Waals surface area contributed by atoms with Gasteiger partial charge in [0.25, 0.3) is 5.91 Å². The second-order valence-corrected chi connectivity index (χ2v) is 10.5. The van der Waals surface area contributed by atoms with Crippen molar-refractivity contribution in [1.82, 2.24) is 30.7 Å². The Morgan fingerprint density at radius 3 is 2.68 bits per heavy atom. The number of nitrogens with zero attached hydrogens (tertiary/aromatic N) is 4.